The van der Waals surface area contributed by atoms with E-state index < -0.39 is 0 Å². The number of benzene rings is 1. The van der Waals surface area contributed by atoms with Crippen molar-refractivity contribution in [2.24, 2.45) is 0 Å². The van der Waals surface area contributed by atoms with E-state index in [2.05, 4.69) is 20.2 Å². The SMILES string of the molecule is O=c1ccn(-c2cncc(Cl)c2)nc1-c1ccnn1-c1ccnc2ccc(Cl)cc12. The highest BCUT2D eigenvalue weighted by Crippen LogP contribution is 2.27. The van der Waals surface area contributed by atoms with E-state index in [0.29, 0.717) is 21.4 Å². The van der Waals surface area contributed by atoms with Gasteiger partial charge in [-0.3, -0.25) is 14.8 Å². The molecule has 5 aromatic rings. The molecule has 30 heavy (non-hydrogen) atoms. The van der Waals surface area contributed by atoms with Gasteiger partial charge in [-0.25, -0.2) is 9.36 Å². The third-order valence-electron chi connectivity index (χ3n) is 4.56. The first-order valence-corrected chi connectivity index (χ1v) is 9.66. The van der Waals surface area contributed by atoms with E-state index in [1.165, 1.54) is 12.3 Å². The Bertz CT molecular complexity index is 1460. The molecule has 0 unspecified atom stereocenters. The highest BCUT2D eigenvalue weighted by Gasteiger charge is 2.16. The molecule has 0 aliphatic carbocycles. The van der Waals surface area contributed by atoms with Gasteiger partial charge in [0.25, 0.3) is 0 Å². The second-order valence-electron chi connectivity index (χ2n) is 6.45. The van der Waals surface area contributed by atoms with E-state index in [-0.39, 0.29) is 11.1 Å². The van der Waals surface area contributed by atoms with Gasteiger partial charge in [0.15, 0.2) is 5.69 Å². The number of fused-ring (bicyclic) bond motifs is 1. The summed E-state index contributed by atoms with van der Waals surface area (Å²) in [5, 5.41) is 10.8. The number of hydrogen-bond acceptors (Lipinski definition) is 5. The number of halogens is 2. The van der Waals surface area contributed by atoms with Crippen molar-refractivity contribution in [1.29, 1.82) is 0 Å². The fourth-order valence-electron chi connectivity index (χ4n) is 3.22. The molecule has 0 aliphatic rings. The van der Waals surface area contributed by atoms with Gasteiger partial charge in [0.2, 0.25) is 5.43 Å². The maximum Gasteiger partial charge on any atom is 0.209 e. The molecule has 0 radical (unpaired) electrons. The van der Waals surface area contributed by atoms with E-state index in [1.807, 2.05) is 18.2 Å². The second kappa shape index (κ2) is 7.37. The zero-order valence-electron chi connectivity index (χ0n) is 15.3. The molecule has 0 saturated carbocycles. The lowest BCUT2D eigenvalue weighted by atomic mass is 10.2. The van der Waals surface area contributed by atoms with E-state index in [4.69, 9.17) is 23.2 Å². The fourth-order valence-corrected chi connectivity index (χ4v) is 3.56. The average Bonchev–Trinajstić information content (AvgIpc) is 3.23. The molecular weight excluding hydrogens is 423 g/mol. The van der Waals surface area contributed by atoms with E-state index in [0.717, 1.165) is 16.6 Å². The third kappa shape index (κ3) is 3.24. The van der Waals surface area contributed by atoms with Crippen LogP contribution in [0.3, 0.4) is 0 Å². The molecule has 0 spiro atoms. The van der Waals surface area contributed by atoms with Crippen LogP contribution in [0.1, 0.15) is 0 Å². The van der Waals surface area contributed by atoms with Crippen LogP contribution in [0, 0.1) is 0 Å². The Kier molecular flexibility index (Phi) is 4.54. The molecule has 4 heterocycles. The molecule has 0 saturated heterocycles. The summed E-state index contributed by atoms with van der Waals surface area (Å²) >= 11 is 12.2. The van der Waals surface area contributed by atoms with Crippen molar-refractivity contribution in [3.63, 3.8) is 0 Å². The van der Waals surface area contributed by atoms with Gasteiger partial charge in [-0.2, -0.15) is 10.2 Å². The topological polar surface area (TPSA) is 78.5 Å². The summed E-state index contributed by atoms with van der Waals surface area (Å²) in [6.07, 6.45) is 8.02. The largest absolute Gasteiger partial charge is 0.287 e. The Hall–Kier alpha value is -3.55. The lowest BCUT2D eigenvalue weighted by Crippen LogP contribution is -2.15. The van der Waals surface area contributed by atoms with Gasteiger partial charge in [0, 0.05) is 35.1 Å². The van der Waals surface area contributed by atoms with Gasteiger partial charge in [-0.1, -0.05) is 23.2 Å². The van der Waals surface area contributed by atoms with Crippen molar-refractivity contribution in [1.82, 2.24) is 29.5 Å². The van der Waals surface area contributed by atoms with E-state index in [1.54, 1.807) is 52.4 Å². The predicted molar refractivity (Wildman–Crippen MR) is 116 cm³/mol. The Balaban J connectivity index is 1.71. The van der Waals surface area contributed by atoms with E-state index >= 15 is 0 Å². The number of nitrogens with zero attached hydrogens (tertiary/aromatic N) is 6. The third-order valence-corrected chi connectivity index (χ3v) is 5.00. The Labute approximate surface area is 180 Å². The van der Waals surface area contributed by atoms with Crippen LogP contribution in [-0.4, -0.2) is 29.5 Å². The van der Waals surface area contributed by atoms with Gasteiger partial charge < -0.3 is 0 Å². The van der Waals surface area contributed by atoms with Crippen molar-refractivity contribution in [2.75, 3.05) is 0 Å². The summed E-state index contributed by atoms with van der Waals surface area (Å²) in [6.45, 7) is 0. The molecule has 0 amide bonds. The number of aromatic nitrogens is 6. The summed E-state index contributed by atoms with van der Waals surface area (Å²) in [4.78, 5) is 21.1. The Morgan fingerprint density at radius 2 is 1.80 bits per heavy atom. The monoisotopic (exact) mass is 434 g/mol. The summed E-state index contributed by atoms with van der Waals surface area (Å²) < 4.78 is 3.21. The van der Waals surface area contributed by atoms with Crippen LogP contribution < -0.4 is 5.43 Å². The summed E-state index contributed by atoms with van der Waals surface area (Å²) in [5.41, 5.74) is 2.68. The quantitative estimate of drug-likeness (QED) is 0.422. The van der Waals surface area contributed by atoms with Crippen molar-refractivity contribution in [3.05, 3.63) is 93.7 Å². The second-order valence-corrected chi connectivity index (χ2v) is 7.33. The van der Waals surface area contributed by atoms with Crippen molar-refractivity contribution < 1.29 is 0 Å². The highest BCUT2D eigenvalue weighted by atomic mass is 35.5. The lowest BCUT2D eigenvalue weighted by molar-refractivity contribution is 0.820. The summed E-state index contributed by atoms with van der Waals surface area (Å²) in [7, 11) is 0. The molecule has 146 valence electrons. The molecule has 4 aromatic heterocycles. The number of rotatable bonds is 3. The van der Waals surface area contributed by atoms with Crippen LogP contribution in [0.5, 0.6) is 0 Å². The average molecular weight is 435 g/mol. The maximum atomic E-state index is 12.7. The summed E-state index contributed by atoms with van der Waals surface area (Å²) in [6, 6.07) is 12.1. The number of pyridine rings is 2. The molecular formula is C21H12Cl2N6O. The number of hydrogen-bond donors (Lipinski definition) is 0. The minimum absolute atomic E-state index is 0.237. The molecule has 9 heteroatoms. The smallest absolute Gasteiger partial charge is 0.209 e. The molecule has 0 atom stereocenters. The normalized spacial score (nSPS) is 11.1. The molecule has 0 aliphatic heterocycles. The van der Waals surface area contributed by atoms with Crippen LogP contribution in [-0.2, 0) is 0 Å². The van der Waals surface area contributed by atoms with Gasteiger partial charge in [0.05, 0.1) is 40.0 Å². The van der Waals surface area contributed by atoms with Gasteiger partial charge in [-0.05, 0) is 36.4 Å². The minimum atomic E-state index is -0.237. The van der Waals surface area contributed by atoms with Gasteiger partial charge in [0.1, 0.15) is 0 Å². The van der Waals surface area contributed by atoms with Gasteiger partial charge in [-0.15, -0.1) is 0 Å². The molecule has 0 bridgehead atoms. The zero-order chi connectivity index (χ0) is 20.7. The first kappa shape index (κ1) is 18.5. The van der Waals surface area contributed by atoms with Crippen LogP contribution in [0.4, 0.5) is 0 Å². The molecule has 7 nitrogen and oxygen atoms in total. The van der Waals surface area contributed by atoms with Crippen molar-refractivity contribution >= 4 is 34.1 Å². The molecule has 5 rings (SSSR count). The molecule has 0 fully saturated rings. The Morgan fingerprint density at radius 1 is 0.900 bits per heavy atom. The van der Waals surface area contributed by atoms with Crippen molar-refractivity contribution in [2.45, 2.75) is 0 Å². The minimum Gasteiger partial charge on any atom is -0.287 e. The van der Waals surface area contributed by atoms with Crippen LogP contribution in [0.15, 0.2) is 78.2 Å². The fraction of sp³-hybridized carbons (Fsp3) is 0. The first-order valence-electron chi connectivity index (χ1n) is 8.90. The van der Waals surface area contributed by atoms with Crippen LogP contribution in [0.2, 0.25) is 10.0 Å². The highest BCUT2D eigenvalue weighted by molar-refractivity contribution is 6.31. The molecule has 0 N–H and O–H groups in total. The van der Waals surface area contributed by atoms with Crippen LogP contribution >= 0.6 is 23.2 Å². The molecule has 1 aromatic carbocycles. The predicted octanol–water partition coefficient (Wildman–Crippen LogP) is 4.34. The Morgan fingerprint density at radius 3 is 2.67 bits per heavy atom. The summed E-state index contributed by atoms with van der Waals surface area (Å²) in [5.74, 6) is 0. The van der Waals surface area contributed by atoms with Gasteiger partial charge >= 0.3 is 0 Å². The first-order chi connectivity index (χ1) is 14.6. The lowest BCUT2D eigenvalue weighted by Gasteiger charge is -2.11. The van der Waals surface area contributed by atoms with Crippen LogP contribution in [0.25, 0.3) is 33.7 Å². The zero-order valence-corrected chi connectivity index (χ0v) is 16.8. The van der Waals surface area contributed by atoms with E-state index in [9.17, 15) is 4.79 Å². The van der Waals surface area contributed by atoms with Crippen molar-refractivity contribution in [3.8, 4) is 22.8 Å². The standard InChI is InChI=1S/C21H12Cl2N6O/c22-13-1-2-17-16(10-13)18(3-6-25-17)29-19(4-7-26-29)21-20(30)5-8-28(27-21)15-9-14(23)11-24-12-15/h1-12H. The maximum absolute atomic E-state index is 12.7.